The maximum atomic E-state index is 8.77. The van der Waals surface area contributed by atoms with Crippen molar-refractivity contribution in [2.24, 2.45) is 0 Å². The largest absolute Gasteiger partial charge is 0.360 e. The van der Waals surface area contributed by atoms with E-state index in [1.54, 1.807) is 11.8 Å². The van der Waals surface area contributed by atoms with Crippen LogP contribution in [0.4, 0.5) is 0 Å². The molecular weight excluding hydrogens is 318 g/mol. The van der Waals surface area contributed by atoms with E-state index in [0.717, 1.165) is 28.5 Å². The molecule has 1 saturated carbocycles. The van der Waals surface area contributed by atoms with Crippen LogP contribution < -0.4 is 0 Å². The molecule has 0 radical (unpaired) electrons. The van der Waals surface area contributed by atoms with Gasteiger partial charge in [-0.05, 0) is 25.3 Å². The fourth-order valence-electron chi connectivity index (χ4n) is 2.97. The van der Waals surface area contributed by atoms with Crippen molar-refractivity contribution < 1.29 is 0 Å². The van der Waals surface area contributed by atoms with E-state index < -0.39 is 0 Å². The molecule has 5 nitrogen and oxygen atoms in total. The number of aromatic nitrogens is 4. The third-order valence-electron chi connectivity index (χ3n) is 4.38. The highest BCUT2D eigenvalue weighted by Crippen LogP contribution is 2.43. The number of aromatic amines is 1. The third-order valence-corrected chi connectivity index (χ3v) is 5.50. The van der Waals surface area contributed by atoms with E-state index in [4.69, 9.17) is 5.26 Å². The molecule has 0 spiro atoms. The van der Waals surface area contributed by atoms with Crippen molar-refractivity contribution in [3.05, 3.63) is 30.5 Å². The molecule has 2 heterocycles. The Balaban J connectivity index is 1.71. The molecular formula is C18H19N5S. The lowest BCUT2D eigenvalue weighted by atomic mass is 10.1. The number of nitrogens with zero attached hydrogens (tertiary/aromatic N) is 4. The molecule has 24 heavy (non-hydrogen) atoms. The topological polar surface area (TPSA) is 70.3 Å². The van der Waals surface area contributed by atoms with Gasteiger partial charge in [0.25, 0.3) is 0 Å². The molecule has 1 fully saturated rings. The number of hydrogen-bond acceptors (Lipinski definition) is 4. The summed E-state index contributed by atoms with van der Waals surface area (Å²) >= 11 is 1.73. The molecule has 3 aromatic rings. The second-order valence-corrected chi connectivity index (χ2v) is 7.69. The van der Waals surface area contributed by atoms with E-state index in [-0.39, 0.29) is 0 Å². The van der Waals surface area contributed by atoms with Crippen molar-refractivity contribution in [2.75, 3.05) is 0 Å². The molecule has 0 amide bonds. The molecule has 122 valence electrons. The van der Waals surface area contributed by atoms with Gasteiger partial charge in [0.05, 0.1) is 6.07 Å². The van der Waals surface area contributed by atoms with Crippen LogP contribution in [0.5, 0.6) is 0 Å². The van der Waals surface area contributed by atoms with Gasteiger partial charge >= 0.3 is 0 Å². The van der Waals surface area contributed by atoms with Gasteiger partial charge < -0.3 is 4.98 Å². The number of thioether (sulfide) groups is 1. The lowest BCUT2D eigenvalue weighted by molar-refractivity contribution is 0.666. The lowest BCUT2D eigenvalue weighted by Crippen LogP contribution is -2.03. The molecule has 1 aromatic carbocycles. The Morgan fingerprint density at radius 2 is 2.21 bits per heavy atom. The zero-order chi connectivity index (χ0) is 16.5. The Kier molecular flexibility index (Phi) is 4.03. The summed E-state index contributed by atoms with van der Waals surface area (Å²) < 4.78 is 2.29. The average Bonchev–Trinajstić information content (AvgIpc) is 3.21. The minimum absolute atomic E-state index is 0.363. The molecule has 0 unspecified atom stereocenters. The summed E-state index contributed by atoms with van der Waals surface area (Å²) in [6.45, 7) is 2.15. The molecule has 0 saturated heterocycles. The first kappa shape index (κ1) is 15.3. The van der Waals surface area contributed by atoms with Gasteiger partial charge in [0.15, 0.2) is 11.0 Å². The number of H-pyrrole nitrogens is 1. The fraction of sp³-hybridized carbons (Fsp3) is 0.389. The van der Waals surface area contributed by atoms with E-state index in [0.29, 0.717) is 17.7 Å². The van der Waals surface area contributed by atoms with Crippen LogP contribution in [0.25, 0.3) is 22.3 Å². The van der Waals surface area contributed by atoms with Crippen molar-refractivity contribution in [2.45, 2.75) is 49.1 Å². The highest BCUT2D eigenvalue weighted by Gasteiger charge is 2.31. The van der Waals surface area contributed by atoms with Gasteiger partial charge in [0.1, 0.15) is 0 Å². The number of hydrogen-bond donors (Lipinski definition) is 1. The Labute approximate surface area is 145 Å². The molecule has 0 bridgehead atoms. The number of fused-ring (bicyclic) bond motifs is 1. The Hall–Kier alpha value is -2.26. The summed E-state index contributed by atoms with van der Waals surface area (Å²) in [6, 6.07) is 11.0. The summed E-state index contributed by atoms with van der Waals surface area (Å²) in [4.78, 5) is 3.33. The second kappa shape index (κ2) is 6.33. The molecule has 4 rings (SSSR count). The number of nitriles is 1. The van der Waals surface area contributed by atoms with E-state index in [2.05, 4.69) is 50.9 Å². The Morgan fingerprint density at radius 3 is 3.00 bits per heavy atom. The maximum absolute atomic E-state index is 8.77. The Bertz CT molecular complexity index is 900. The monoisotopic (exact) mass is 337 g/mol. The van der Waals surface area contributed by atoms with Crippen LogP contribution in [-0.4, -0.2) is 25.0 Å². The molecule has 6 heteroatoms. The van der Waals surface area contributed by atoms with E-state index in [1.807, 2.05) is 12.3 Å². The average molecular weight is 337 g/mol. The maximum Gasteiger partial charge on any atom is 0.192 e. The van der Waals surface area contributed by atoms with E-state index in [1.165, 1.54) is 18.2 Å². The minimum Gasteiger partial charge on any atom is -0.360 e. The van der Waals surface area contributed by atoms with Crippen LogP contribution in [0.1, 0.15) is 38.6 Å². The quantitative estimate of drug-likeness (QED) is 0.670. The van der Waals surface area contributed by atoms with Gasteiger partial charge in [-0.25, -0.2) is 0 Å². The lowest BCUT2D eigenvalue weighted by Gasteiger charge is -2.11. The predicted molar refractivity (Wildman–Crippen MR) is 95.8 cm³/mol. The van der Waals surface area contributed by atoms with Gasteiger partial charge in [-0.3, -0.25) is 4.57 Å². The smallest absolute Gasteiger partial charge is 0.192 e. The van der Waals surface area contributed by atoms with Gasteiger partial charge in [0, 0.05) is 40.4 Å². The first-order valence-corrected chi connectivity index (χ1v) is 9.21. The fourth-order valence-corrected chi connectivity index (χ4v) is 4.00. The van der Waals surface area contributed by atoms with Gasteiger partial charge in [-0.2, -0.15) is 5.26 Å². The molecule has 1 N–H and O–H groups in total. The number of rotatable bonds is 6. The van der Waals surface area contributed by atoms with Gasteiger partial charge in [0.2, 0.25) is 0 Å². The standard InChI is InChI=1S/C18H19N5S/c1-12(5-4-10-19)24-18-22-21-17(23(18)13-8-9-13)15-11-20-16-7-3-2-6-14(15)16/h2-3,6-7,11-13,20H,4-5,8-9H2,1H3/t12-/m1/s1. The molecule has 1 aliphatic rings. The number of para-hydroxylation sites is 1. The van der Waals surface area contributed by atoms with Crippen LogP contribution >= 0.6 is 11.8 Å². The summed E-state index contributed by atoms with van der Waals surface area (Å²) in [5.41, 5.74) is 2.23. The number of nitrogens with one attached hydrogen (secondary N) is 1. The molecule has 0 aliphatic heterocycles. The van der Waals surface area contributed by atoms with Crippen molar-refractivity contribution >= 4 is 22.7 Å². The van der Waals surface area contributed by atoms with Gasteiger partial charge in [-0.1, -0.05) is 36.9 Å². The van der Waals surface area contributed by atoms with Crippen LogP contribution in [0.2, 0.25) is 0 Å². The van der Waals surface area contributed by atoms with Crippen LogP contribution in [-0.2, 0) is 0 Å². The minimum atomic E-state index is 0.363. The normalized spacial score (nSPS) is 15.5. The van der Waals surface area contributed by atoms with Crippen molar-refractivity contribution in [1.82, 2.24) is 19.7 Å². The van der Waals surface area contributed by atoms with Crippen molar-refractivity contribution in [3.8, 4) is 17.5 Å². The zero-order valence-corrected chi connectivity index (χ0v) is 14.4. The van der Waals surface area contributed by atoms with Crippen molar-refractivity contribution in [3.63, 3.8) is 0 Å². The SMILES string of the molecule is C[C@H](CCC#N)Sc1nnc(-c2c[nH]c3ccccc23)n1C1CC1. The van der Waals surface area contributed by atoms with E-state index >= 15 is 0 Å². The van der Waals surface area contributed by atoms with Crippen LogP contribution in [0.15, 0.2) is 35.6 Å². The zero-order valence-electron chi connectivity index (χ0n) is 13.6. The summed E-state index contributed by atoms with van der Waals surface area (Å²) in [7, 11) is 0. The predicted octanol–water partition coefficient (Wildman–Crippen LogP) is 4.55. The first-order valence-electron chi connectivity index (χ1n) is 8.33. The second-order valence-electron chi connectivity index (χ2n) is 6.28. The molecule has 1 atom stereocenters. The first-order chi connectivity index (χ1) is 11.8. The van der Waals surface area contributed by atoms with Crippen LogP contribution in [0, 0.1) is 11.3 Å². The summed E-state index contributed by atoms with van der Waals surface area (Å²) in [5, 5.41) is 20.3. The summed E-state index contributed by atoms with van der Waals surface area (Å²) in [5.74, 6) is 0.949. The third kappa shape index (κ3) is 2.80. The Morgan fingerprint density at radius 1 is 1.38 bits per heavy atom. The highest BCUT2D eigenvalue weighted by atomic mass is 32.2. The van der Waals surface area contributed by atoms with E-state index in [9.17, 15) is 0 Å². The highest BCUT2D eigenvalue weighted by molar-refractivity contribution is 7.99. The summed E-state index contributed by atoms with van der Waals surface area (Å²) in [6.07, 6.45) is 5.87. The van der Waals surface area contributed by atoms with Crippen LogP contribution in [0.3, 0.4) is 0 Å². The molecule has 1 aliphatic carbocycles. The molecule has 2 aromatic heterocycles. The van der Waals surface area contributed by atoms with Crippen molar-refractivity contribution in [1.29, 1.82) is 5.26 Å². The van der Waals surface area contributed by atoms with Gasteiger partial charge in [-0.15, -0.1) is 10.2 Å². The number of benzene rings is 1.